The minimum absolute atomic E-state index is 0. The summed E-state index contributed by atoms with van der Waals surface area (Å²) in [5.74, 6) is 0.858. The molecule has 0 aliphatic carbocycles. The Kier molecular flexibility index (Phi) is 9.89. The summed E-state index contributed by atoms with van der Waals surface area (Å²) in [6.45, 7) is 13.0. The number of nitrogens with zero attached hydrogens (tertiary/aromatic N) is 2. The molecule has 1 aromatic rings. The quantitative estimate of drug-likeness (QED) is 0.363. The van der Waals surface area contributed by atoms with E-state index in [1.54, 1.807) is 7.11 Å². The summed E-state index contributed by atoms with van der Waals surface area (Å²) in [5.41, 5.74) is 2.71. The first-order valence-electron chi connectivity index (χ1n) is 9.33. The highest BCUT2D eigenvalue weighted by molar-refractivity contribution is 14.0. The first kappa shape index (κ1) is 23.2. The number of hydrogen-bond donors (Lipinski definition) is 2. The lowest BCUT2D eigenvalue weighted by Gasteiger charge is -2.34. The maximum atomic E-state index is 5.45. The van der Waals surface area contributed by atoms with Crippen molar-refractivity contribution in [1.82, 2.24) is 15.5 Å². The zero-order valence-corrected chi connectivity index (χ0v) is 19.2. The van der Waals surface area contributed by atoms with Gasteiger partial charge < -0.3 is 15.4 Å². The zero-order chi connectivity index (χ0) is 18.3. The van der Waals surface area contributed by atoms with Gasteiger partial charge in [0.1, 0.15) is 0 Å². The Bertz CT molecular complexity index is 577. The molecule has 26 heavy (non-hydrogen) atoms. The van der Waals surface area contributed by atoms with Crippen molar-refractivity contribution in [3.63, 3.8) is 0 Å². The van der Waals surface area contributed by atoms with Crippen LogP contribution in [0.4, 0.5) is 0 Å². The molecule has 148 valence electrons. The van der Waals surface area contributed by atoms with E-state index >= 15 is 0 Å². The van der Waals surface area contributed by atoms with Crippen LogP contribution in [0.2, 0.25) is 0 Å². The predicted molar refractivity (Wildman–Crippen MR) is 121 cm³/mol. The molecule has 1 aliphatic rings. The molecule has 1 heterocycles. The summed E-state index contributed by atoms with van der Waals surface area (Å²) >= 11 is 0. The van der Waals surface area contributed by atoms with Crippen molar-refractivity contribution in [1.29, 1.82) is 0 Å². The molecule has 0 aromatic heterocycles. The lowest BCUT2D eigenvalue weighted by atomic mass is 9.99. The van der Waals surface area contributed by atoms with Crippen molar-refractivity contribution in [2.75, 3.05) is 33.3 Å². The Balaban J connectivity index is 0.00000338. The number of nitrogens with one attached hydrogen (secondary N) is 2. The molecule has 2 N–H and O–H groups in total. The molecular formula is C20H35IN4O. The predicted octanol–water partition coefficient (Wildman–Crippen LogP) is 3.03. The van der Waals surface area contributed by atoms with E-state index in [1.165, 1.54) is 11.1 Å². The average Bonchev–Trinajstić information content (AvgIpc) is 2.63. The molecule has 0 amide bonds. The van der Waals surface area contributed by atoms with Gasteiger partial charge in [-0.3, -0.25) is 9.89 Å². The third kappa shape index (κ3) is 7.04. The fraction of sp³-hybridized carbons (Fsp3) is 0.650. The van der Waals surface area contributed by atoms with Gasteiger partial charge in [0, 0.05) is 39.3 Å². The number of methoxy groups -OCH3 is 1. The van der Waals surface area contributed by atoms with Crippen LogP contribution < -0.4 is 10.6 Å². The molecule has 0 radical (unpaired) electrons. The van der Waals surface area contributed by atoms with Gasteiger partial charge in [-0.1, -0.05) is 24.3 Å². The van der Waals surface area contributed by atoms with Crippen LogP contribution in [0.25, 0.3) is 0 Å². The number of aliphatic imine (C=N–C) groups is 1. The summed E-state index contributed by atoms with van der Waals surface area (Å²) < 4.78 is 5.45. The Morgan fingerprint density at radius 2 is 1.96 bits per heavy atom. The highest BCUT2D eigenvalue weighted by Gasteiger charge is 2.21. The van der Waals surface area contributed by atoms with E-state index in [-0.39, 0.29) is 29.6 Å². The third-order valence-electron chi connectivity index (χ3n) is 4.86. The van der Waals surface area contributed by atoms with Crippen LogP contribution in [0, 0.1) is 0 Å². The van der Waals surface area contributed by atoms with Crippen molar-refractivity contribution in [3.05, 3.63) is 35.4 Å². The normalized spacial score (nSPS) is 16.4. The standard InChI is InChI=1S/C20H34N4O.HI/c1-6-21-19(23-15-20(3,4)25-5)22-13-16(2)24-12-11-17-9-7-8-10-18(17)14-24;/h7-10,16H,6,11-15H2,1-5H3,(H2,21,22,23);1H. The van der Waals surface area contributed by atoms with Crippen LogP contribution in [0.1, 0.15) is 38.8 Å². The molecule has 0 bridgehead atoms. The zero-order valence-electron chi connectivity index (χ0n) is 16.8. The van der Waals surface area contributed by atoms with E-state index in [2.05, 4.69) is 58.6 Å². The molecule has 0 fully saturated rings. The van der Waals surface area contributed by atoms with Gasteiger partial charge in [0.25, 0.3) is 0 Å². The summed E-state index contributed by atoms with van der Waals surface area (Å²) in [6, 6.07) is 9.23. The second-order valence-corrected chi connectivity index (χ2v) is 7.38. The van der Waals surface area contributed by atoms with Gasteiger partial charge in [0.15, 0.2) is 5.96 Å². The summed E-state index contributed by atoms with van der Waals surface area (Å²) in [7, 11) is 1.73. The SMILES string of the molecule is CCNC(=NCC(C)(C)OC)NCC(C)N1CCc2ccccc2C1.I. The number of benzene rings is 1. The highest BCUT2D eigenvalue weighted by Crippen LogP contribution is 2.19. The van der Waals surface area contributed by atoms with E-state index in [0.717, 1.165) is 38.6 Å². The van der Waals surface area contributed by atoms with Crippen LogP contribution in [-0.4, -0.2) is 55.8 Å². The molecular weight excluding hydrogens is 439 g/mol. The molecule has 1 aromatic carbocycles. The van der Waals surface area contributed by atoms with Gasteiger partial charge in [-0.15, -0.1) is 24.0 Å². The van der Waals surface area contributed by atoms with Crippen LogP contribution in [0.3, 0.4) is 0 Å². The number of ether oxygens (including phenoxy) is 1. The highest BCUT2D eigenvalue weighted by atomic mass is 127. The van der Waals surface area contributed by atoms with E-state index < -0.39 is 0 Å². The fourth-order valence-corrected chi connectivity index (χ4v) is 2.94. The molecule has 6 heteroatoms. The Labute approximate surface area is 176 Å². The van der Waals surface area contributed by atoms with E-state index in [9.17, 15) is 0 Å². The van der Waals surface area contributed by atoms with Gasteiger partial charge in [-0.05, 0) is 45.2 Å². The number of halogens is 1. The first-order valence-corrected chi connectivity index (χ1v) is 9.33. The van der Waals surface area contributed by atoms with Crippen LogP contribution in [0.5, 0.6) is 0 Å². The van der Waals surface area contributed by atoms with Crippen molar-refractivity contribution in [2.45, 2.75) is 52.3 Å². The van der Waals surface area contributed by atoms with Gasteiger partial charge in [-0.25, -0.2) is 0 Å². The Morgan fingerprint density at radius 3 is 2.62 bits per heavy atom. The van der Waals surface area contributed by atoms with Gasteiger partial charge >= 0.3 is 0 Å². The van der Waals surface area contributed by atoms with Crippen molar-refractivity contribution in [3.8, 4) is 0 Å². The molecule has 1 atom stereocenters. The average molecular weight is 474 g/mol. The number of guanidine groups is 1. The van der Waals surface area contributed by atoms with Gasteiger partial charge in [0.05, 0.1) is 12.1 Å². The Hall–Kier alpha value is -0.860. The van der Waals surface area contributed by atoms with Crippen molar-refractivity contribution < 1.29 is 4.74 Å². The van der Waals surface area contributed by atoms with E-state index in [0.29, 0.717) is 12.6 Å². The summed E-state index contributed by atoms with van der Waals surface area (Å²) in [4.78, 5) is 7.20. The summed E-state index contributed by atoms with van der Waals surface area (Å²) in [5, 5.41) is 6.80. The van der Waals surface area contributed by atoms with Crippen LogP contribution >= 0.6 is 24.0 Å². The van der Waals surface area contributed by atoms with Crippen molar-refractivity contribution >= 4 is 29.9 Å². The lowest BCUT2D eigenvalue weighted by molar-refractivity contribution is 0.0310. The first-order chi connectivity index (χ1) is 11.9. The van der Waals surface area contributed by atoms with E-state index in [1.807, 2.05) is 13.8 Å². The minimum Gasteiger partial charge on any atom is -0.377 e. The topological polar surface area (TPSA) is 48.9 Å². The van der Waals surface area contributed by atoms with Gasteiger partial charge in [-0.2, -0.15) is 0 Å². The molecule has 0 saturated carbocycles. The number of rotatable bonds is 7. The molecule has 5 nitrogen and oxygen atoms in total. The minimum atomic E-state index is -0.245. The van der Waals surface area contributed by atoms with E-state index in [4.69, 9.17) is 4.74 Å². The summed E-state index contributed by atoms with van der Waals surface area (Å²) in [6.07, 6.45) is 1.14. The number of hydrogen-bond acceptors (Lipinski definition) is 3. The third-order valence-corrected chi connectivity index (χ3v) is 4.86. The van der Waals surface area contributed by atoms with Crippen LogP contribution in [-0.2, 0) is 17.7 Å². The van der Waals surface area contributed by atoms with Crippen LogP contribution in [0.15, 0.2) is 29.3 Å². The maximum Gasteiger partial charge on any atom is 0.191 e. The number of fused-ring (bicyclic) bond motifs is 1. The van der Waals surface area contributed by atoms with Gasteiger partial charge in [0.2, 0.25) is 0 Å². The molecule has 2 rings (SSSR count). The fourth-order valence-electron chi connectivity index (χ4n) is 2.94. The molecule has 0 saturated heterocycles. The molecule has 0 spiro atoms. The molecule has 1 aliphatic heterocycles. The second kappa shape index (κ2) is 11.1. The monoisotopic (exact) mass is 474 g/mol. The Morgan fingerprint density at radius 1 is 1.27 bits per heavy atom. The lowest BCUT2D eigenvalue weighted by Crippen LogP contribution is -2.47. The maximum absolute atomic E-state index is 5.45. The molecule has 1 unspecified atom stereocenters. The largest absolute Gasteiger partial charge is 0.377 e. The van der Waals surface area contributed by atoms with Crippen molar-refractivity contribution in [2.24, 2.45) is 4.99 Å². The smallest absolute Gasteiger partial charge is 0.191 e. The second-order valence-electron chi connectivity index (χ2n) is 7.38.